The van der Waals surface area contributed by atoms with Gasteiger partial charge in [0.1, 0.15) is 5.76 Å². The first-order valence-electron chi connectivity index (χ1n) is 5.49. The number of ether oxygens (including phenoxy) is 1. The molecule has 0 fully saturated rings. The van der Waals surface area contributed by atoms with Crippen molar-refractivity contribution >= 4 is 17.3 Å². The first kappa shape index (κ1) is 13.9. The Morgan fingerprint density at radius 1 is 1.53 bits per heavy atom. The highest BCUT2D eigenvalue weighted by molar-refractivity contribution is 7.80. The quantitative estimate of drug-likeness (QED) is 0.775. The minimum atomic E-state index is 0.185. The highest BCUT2D eigenvalue weighted by atomic mass is 32.1. The summed E-state index contributed by atoms with van der Waals surface area (Å²) in [6, 6.07) is 0.185. The smallest absolute Gasteiger partial charge is 0.166 e. The predicted octanol–water partition coefficient (Wildman–Crippen LogP) is 1.29. The molecule has 1 heterocycles. The van der Waals surface area contributed by atoms with Gasteiger partial charge in [-0.05, 0) is 33.0 Å². The summed E-state index contributed by atoms with van der Waals surface area (Å²) in [6.45, 7) is 7.05. The Balaban J connectivity index is 2.38. The topological polar surface area (TPSA) is 59.3 Å². The normalized spacial score (nSPS) is 12.2. The zero-order chi connectivity index (χ0) is 12.8. The van der Waals surface area contributed by atoms with Gasteiger partial charge in [-0.25, -0.2) is 0 Å². The number of thiocarbonyl (C=S) groups is 1. The Kier molecular flexibility index (Phi) is 5.37. The maximum atomic E-state index is 5.18. The maximum Gasteiger partial charge on any atom is 0.166 e. The molecule has 0 saturated heterocycles. The van der Waals surface area contributed by atoms with E-state index in [9.17, 15) is 0 Å². The fourth-order valence-corrected chi connectivity index (χ4v) is 1.76. The van der Waals surface area contributed by atoms with Crippen LogP contribution in [0, 0.1) is 13.8 Å². The van der Waals surface area contributed by atoms with Crippen LogP contribution in [0.1, 0.15) is 23.9 Å². The van der Waals surface area contributed by atoms with Gasteiger partial charge in [-0.2, -0.15) is 0 Å². The Morgan fingerprint density at radius 2 is 2.24 bits per heavy atom. The van der Waals surface area contributed by atoms with Crippen molar-refractivity contribution in [3.05, 3.63) is 17.0 Å². The number of hydrogen-bond acceptors (Lipinski definition) is 4. The van der Waals surface area contributed by atoms with E-state index in [1.807, 2.05) is 20.8 Å². The van der Waals surface area contributed by atoms with E-state index in [0.29, 0.717) is 18.3 Å². The molecule has 1 rings (SSSR count). The summed E-state index contributed by atoms with van der Waals surface area (Å²) >= 11 is 5.18. The van der Waals surface area contributed by atoms with Crippen molar-refractivity contribution < 1.29 is 9.26 Å². The van der Waals surface area contributed by atoms with Gasteiger partial charge < -0.3 is 19.9 Å². The van der Waals surface area contributed by atoms with Crippen LogP contribution in [0.4, 0.5) is 0 Å². The summed E-state index contributed by atoms with van der Waals surface area (Å²) in [7, 11) is 1.67. The van der Waals surface area contributed by atoms with Crippen LogP contribution in [-0.4, -0.2) is 30.0 Å². The van der Waals surface area contributed by atoms with E-state index < -0.39 is 0 Å². The van der Waals surface area contributed by atoms with E-state index in [2.05, 4.69) is 15.8 Å². The summed E-state index contributed by atoms with van der Waals surface area (Å²) in [4.78, 5) is 0. The Bertz CT molecular complexity index is 359. The maximum absolute atomic E-state index is 5.18. The monoisotopic (exact) mass is 257 g/mol. The van der Waals surface area contributed by atoms with E-state index in [-0.39, 0.29) is 6.04 Å². The molecule has 1 atom stereocenters. The van der Waals surface area contributed by atoms with E-state index in [4.69, 9.17) is 21.5 Å². The Morgan fingerprint density at radius 3 is 2.76 bits per heavy atom. The molecule has 1 aromatic heterocycles. The van der Waals surface area contributed by atoms with Crippen LogP contribution in [0.3, 0.4) is 0 Å². The molecule has 2 N–H and O–H groups in total. The highest BCUT2D eigenvalue weighted by Gasteiger charge is 2.09. The average Bonchev–Trinajstić information content (AvgIpc) is 2.56. The number of nitrogens with zero attached hydrogens (tertiary/aromatic N) is 1. The lowest BCUT2D eigenvalue weighted by Crippen LogP contribution is -2.42. The molecule has 0 radical (unpaired) electrons. The van der Waals surface area contributed by atoms with Gasteiger partial charge in [0, 0.05) is 25.3 Å². The SMILES string of the molecule is COCC(C)NC(=S)NCc1c(C)noc1C. The van der Waals surface area contributed by atoms with E-state index >= 15 is 0 Å². The van der Waals surface area contributed by atoms with Crippen LogP contribution in [-0.2, 0) is 11.3 Å². The number of rotatable bonds is 5. The standard InChI is InChI=1S/C11H19N3O2S/c1-7(6-15-4)13-11(17)12-5-10-8(2)14-16-9(10)3/h7H,5-6H2,1-4H3,(H2,12,13,17). The molecule has 0 aliphatic carbocycles. The predicted molar refractivity (Wildman–Crippen MR) is 69.9 cm³/mol. The molecule has 96 valence electrons. The van der Waals surface area contributed by atoms with Crippen molar-refractivity contribution in [3.8, 4) is 0 Å². The summed E-state index contributed by atoms with van der Waals surface area (Å²) in [6.07, 6.45) is 0. The number of methoxy groups -OCH3 is 1. The summed E-state index contributed by atoms with van der Waals surface area (Å²) in [5.74, 6) is 0.822. The van der Waals surface area contributed by atoms with Gasteiger partial charge in [-0.1, -0.05) is 5.16 Å². The third kappa shape index (κ3) is 4.32. The molecular weight excluding hydrogens is 238 g/mol. The molecule has 17 heavy (non-hydrogen) atoms. The third-order valence-corrected chi connectivity index (χ3v) is 2.66. The number of aryl methyl sites for hydroxylation is 2. The molecule has 6 heteroatoms. The number of aromatic nitrogens is 1. The minimum absolute atomic E-state index is 0.185. The van der Waals surface area contributed by atoms with Gasteiger partial charge in [-0.15, -0.1) is 0 Å². The molecule has 0 spiro atoms. The van der Waals surface area contributed by atoms with Gasteiger partial charge in [0.15, 0.2) is 5.11 Å². The summed E-state index contributed by atoms with van der Waals surface area (Å²) in [5, 5.41) is 10.7. The molecule has 0 aromatic carbocycles. The van der Waals surface area contributed by atoms with Crippen LogP contribution < -0.4 is 10.6 Å². The lowest BCUT2D eigenvalue weighted by molar-refractivity contribution is 0.179. The van der Waals surface area contributed by atoms with Crippen LogP contribution in [0.25, 0.3) is 0 Å². The van der Waals surface area contributed by atoms with Crippen molar-refractivity contribution in [1.29, 1.82) is 0 Å². The Hall–Kier alpha value is -1.14. The second-order valence-corrected chi connectivity index (χ2v) is 4.39. The van der Waals surface area contributed by atoms with Crippen LogP contribution in [0.15, 0.2) is 4.52 Å². The highest BCUT2D eigenvalue weighted by Crippen LogP contribution is 2.11. The first-order valence-corrected chi connectivity index (χ1v) is 5.90. The van der Waals surface area contributed by atoms with E-state index in [1.165, 1.54) is 0 Å². The zero-order valence-corrected chi connectivity index (χ0v) is 11.5. The largest absolute Gasteiger partial charge is 0.383 e. The van der Waals surface area contributed by atoms with Gasteiger partial charge in [-0.3, -0.25) is 0 Å². The fourth-order valence-electron chi connectivity index (χ4n) is 1.49. The minimum Gasteiger partial charge on any atom is -0.383 e. The zero-order valence-electron chi connectivity index (χ0n) is 10.7. The summed E-state index contributed by atoms with van der Waals surface area (Å²) < 4.78 is 10.1. The van der Waals surface area contributed by atoms with E-state index in [0.717, 1.165) is 17.0 Å². The lowest BCUT2D eigenvalue weighted by atomic mass is 10.2. The Labute approximate surface area is 107 Å². The lowest BCUT2D eigenvalue weighted by Gasteiger charge is -2.15. The van der Waals surface area contributed by atoms with Crippen molar-refractivity contribution in [3.63, 3.8) is 0 Å². The molecule has 1 unspecified atom stereocenters. The molecule has 5 nitrogen and oxygen atoms in total. The third-order valence-electron chi connectivity index (χ3n) is 2.40. The van der Waals surface area contributed by atoms with Gasteiger partial charge in [0.25, 0.3) is 0 Å². The van der Waals surface area contributed by atoms with Crippen LogP contribution >= 0.6 is 12.2 Å². The fraction of sp³-hybridized carbons (Fsp3) is 0.636. The molecule has 0 saturated carbocycles. The average molecular weight is 257 g/mol. The molecule has 0 amide bonds. The molecule has 0 aliphatic rings. The van der Waals surface area contributed by atoms with Crippen LogP contribution in [0.2, 0.25) is 0 Å². The van der Waals surface area contributed by atoms with Gasteiger partial charge in [0.05, 0.1) is 12.3 Å². The molecule has 0 aliphatic heterocycles. The van der Waals surface area contributed by atoms with Gasteiger partial charge in [0.2, 0.25) is 0 Å². The van der Waals surface area contributed by atoms with Crippen LogP contribution in [0.5, 0.6) is 0 Å². The number of hydrogen-bond donors (Lipinski definition) is 2. The molecule has 1 aromatic rings. The molecule has 0 bridgehead atoms. The van der Waals surface area contributed by atoms with Gasteiger partial charge >= 0.3 is 0 Å². The number of nitrogens with one attached hydrogen (secondary N) is 2. The summed E-state index contributed by atoms with van der Waals surface area (Å²) in [5.41, 5.74) is 1.94. The van der Waals surface area contributed by atoms with Crippen molar-refractivity contribution in [1.82, 2.24) is 15.8 Å². The second-order valence-electron chi connectivity index (χ2n) is 3.99. The molecular formula is C11H19N3O2S. The van der Waals surface area contributed by atoms with Crippen molar-refractivity contribution in [2.24, 2.45) is 0 Å². The van der Waals surface area contributed by atoms with E-state index in [1.54, 1.807) is 7.11 Å². The second kappa shape index (κ2) is 6.56. The first-order chi connectivity index (χ1) is 8.04. The van der Waals surface area contributed by atoms with Crippen molar-refractivity contribution in [2.75, 3.05) is 13.7 Å². The van der Waals surface area contributed by atoms with Crippen molar-refractivity contribution in [2.45, 2.75) is 33.4 Å².